The second-order valence-corrected chi connectivity index (χ2v) is 9.08. The minimum Gasteiger partial charge on any atom is -0.268 e. The van der Waals surface area contributed by atoms with Crippen molar-refractivity contribution in [2.24, 2.45) is 0 Å². The summed E-state index contributed by atoms with van der Waals surface area (Å²) in [5.74, 6) is 1.04. The van der Waals surface area contributed by atoms with Gasteiger partial charge in [-0.3, -0.25) is 4.79 Å². The van der Waals surface area contributed by atoms with Crippen molar-refractivity contribution < 1.29 is 8.42 Å². The molecule has 0 radical (unpaired) electrons. The summed E-state index contributed by atoms with van der Waals surface area (Å²) < 4.78 is 26.9. The number of fused-ring (bicyclic) bond motifs is 1. The van der Waals surface area contributed by atoms with Crippen molar-refractivity contribution in [1.82, 2.24) is 19.3 Å². The molecule has 0 spiro atoms. The zero-order chi connectivity index (χ0) is 19.4. The molecule has 0 saturated heterocycles. The molecule has 9 heteroatoms. The molecule has 1 N–H and O–H groups in total. The summed E-state index contributed by atoms with van der Waals surface area (Å²) in [6.45, 7) is 1.93. The van der Waals surface area contributed by atoms with Crippen LogP contribution in [0, 0.1) is 6.92 Å². The number of hydrogen-bond donors (Lipinski definition) is 1. The highest BCUT2D eigenvalue weighted by Gasteiger charge is 2.15. The summed E-state index contributed by atoms with van der Waals surface area (Å²) in [7, 11) is -1.85. The van der Waals surface area contributed by atoms with Crippen molar-refractivity contribution >= 4 is 32.7 Å². The first-order valence-electron chi connectivity index (χ1n) is 8.40. The first kappa shape index (κ1) is 19.5. The average molecular weight is 405 g/mol. The van der Waals surface area contributed by atoms with E-state index in [0.29, 0.717) is 34.1 Å². The Labute approximate surface area is 161 Å². The van der Waals surface area contributed by atoms with Crippen LogP contribution >= 0.6 is 11.8 Å². The van der Waals surface area contributed by atoms with Gasteiger partial charge in [0.2, 0.25) is 10.0 Å². The maximum atomic E-state index is 13.1. The molecule has 0 fully saturated rings. The smallest absolute Gasteiger partial charge is 0.267 e. The van der Waals surface area contributed by atoms with Crippen molar-refractivity contribution in [2.75, 3.05) is 18.6 Å². The van der Waals surface area contributed by atoms with Crippen LogP contribution in [0.4, 0.5) is 0 Å². The van der Waals surface area contributed by atoms with Gasteiger partial charge in [-0.15, -0.1) is 0 Å². The lowest BCUT2D eigenvalue weighted by molar-refractivity contribution is 0.587. The van der Waals surface area contributed by atoms with Gasteiger partial charge < -0.3 is 0 Å². The Hall–Kier alpha value is -2.23. The van der Waals surface area contributed by atoms with Crippen LogP contribution in [0.1, 0.15) is 12.0 Å². The van der Waals surface area contributed by atoms with E-state index in [4.69, 9.17) is 0 Å². The number of rotatable bonds is 7. The van der Waals surface area contributed by atoms with Gasteiger partial charge >= 0.3 is 0 Å². The number of nitrogens with one attached hydrogen (secondary N) is 1. The molecule has 0 unspecified atom stereocenters. The Morgan fingerprint density at radius 2 is 2.00 bits per heavy atom. The molecular weight excluding hydrogens is 384 g/mol. The Morgan fingerprint density at radius 3 is 2.74 bits per heavy atom. The maximum Gasteiger partial charge on any atom is 0.267 e. The van der Waals surface area contributed by atoms with Crippen LogP contribution in [-0.4, -0.2) is 41.5 Å². The van der Waals surface area contributed by atoms with Gasteiger partial charge in [0.15, 0.2) is 5.16 Å². The summed E-state index contributed by atoms with van der Waals surface area (Å²) in [4.78, 5) is 22.0. The molecule has 2 heterocycles. The van der Waals surface area contributed by atoms with Crippen LogP contribution < -0.4 is 10.3 Å². The first-order valence-corrected chi connectivity index (χ1v) is 11.0. The molecule has 0 aliphatic rings. The summed E-state index contributed by atoms with van der Waals surface area (Å²) >= 11 is 1.35. The topological polar surface area (TPSA) is 94.0 Å². The Balaban J connectivity index is 2.00. The normalized spacial score (nSPS) is 11.8. The molecule has 27 heavy (non-hydrogen) atoms. The number of hydrogen-bond acceptors (Lipinski definition) is 6. The third-order valence-electron chi connectivity index (χ3n) is 3.97. The molecule has 0 atom stereocenters. The van der Waals surface area contributed by atoms with E-state index in [1.54, 1.807) is 24.4 Å². The quantitative estimate of drug-likeness (QED) is 0.368. The minimum atomic E-state index is -3.25. The largest absolute Gasteiger partial charge is 0.268 e. The van der Waals surface area contributed by atoms with Gasteiger partial charge in [-0.05, 0) is 50.2 Å². The van der Waals surface area contributed by atoms with Crippen molar-refractivity contribution in [1.29, 1.82) is 0 Å². The Bertz CT molecular complexity index is 1130. The van der Waals surface area contributed by atoms with Crippen molar-refractivity contribution in [3.05, 3.63) is 58.5 Å². The molecule has 142 valence electrons. The fourth-order valence-corrected chi connectivity index (χ4v) is 4.42. The lowest BCUT2D eigenvalue weighted by atomic mass is 10.2. The number of benzene rings is 1. The Morgan fingerprint density at radius 1 is 1.22 bits per heavy atom. The van der Waals surface area contributed by atoms with Crippen LogP contribution in [0.3, 0.4) is 0 Å². The molecule has 7 nitrogen and oxygen atoms in total. The molecule has 0 amide bonds. The van der Waals surface area contributed by atoms with Crippen molar-refractivity contribution in [3.8, 4) is 5.82 Å². The highest BCUT2D eigenvalue weighted by molar-refractivity contribution is 7.99. The zero-order valence-electron chi connectivity index (χ0n) is 15.0. The number of aryl methyl sites for hydroxylation is 1. The molecule has 0 aliphatic carbocycles. The van der Waals surface area contributed by atoms with Gasteiger partial charge in [-0.25, -0.2) is 27.7 Å². The predicted molar refractivity (Wildman–Crippen MR) is 108 cm³/mol. The van der Waals surface area contributed by atoms with Crippen molar-refractivity contribution in [2.45, 2.75) is 18.5 Å². The average Bonchev–Trinajstić information content (AvgIpc) is 2.65. The van der Waals surface area contributed by atoms with E-state index in [2.05, 4.69) is 14.7 Å². The number of thioether (sulfide) groups is 1. The fourth-order valence-electron chi connectivity index (χ4n) is 2.57. The van der Waals surface area contributed by atoms with E-state index in [1.807, 2.05) is 25.1 Å². The van der Waals surface area contributed by atoms with Gasteiger partial charge in [0.05, 0.1) is 16.7 Å². The van der Waals surface area contributed by atoms with Crippen LogP contribution in [0.2, 0.25) is 0 Å². The maximum absolute atomic E-state index is 13.1. The monoisotopic (exact) mass is 404 g/mol. The molecule has 0 saturated carbocycles. The fraction of sp³-hybridized carbons (Fsp3) is 0.278. The van der Waals surface area contributed by atoms with E-state index in [0.717, 1.165) is 5.56 Å². The standard InChI is InChI=1S/C18H20N4O3S2/c1-13-8-9-20-16(12-13)22-17(23)14-6-3-4-7-15(14)21-18(22)26-10-5-11-27(24,25)19-2/h3-4,6-9,12,19H,5,10-11H2,1-2H3. The molecule has 0 bridgehead atoms. The Kier molecular flexibility index (Phi) is 5.93. The number of pyridine rings is 1. The molecule has 3 rings (SSSR count). The molecule has 3 aromatic rings. The minimum absolute atomic E-state index is 0.0248. The number of aromatic nitrogens is 3. The van der Waals surface area contributed by atoms with E-state index in [-0.39, 0.29) is 11.3 Å². The number of nitrogens with zero attached hydrogens (tertiary/aromatic N) is 3. The summed E-state index contributed by atoms with van der Waals surface area (Å²) in [6, 6.07) is 10.9. The molecular formula is C18H20N4O3S2. The van der Waals surface area contributed by atoms with Gasteiger partial charge in [0, 0.05) is 11.9 Å². The molecule has 1 aromatic carbocycles. The lowest BCUT2D eigenvalue weighted by Gasteiger charge is -2.12. The molecule has 0 aliphatic heterocycles. The van der Waals surface area contributed by atoms with Crippen LogP contribution in [-0.2, 0) is 10.0 Å². The second-order valence-electron chi connectivity index (χ2n) is 5.97. The van der Waals surface area contributed by atoms with Crippen LogP contribution in [0.5, 0.6) is 0 Å². The first-order chi connectivity index (χ1) is 12.9. The van der Waals surface area contributed by atoms with E-state index >= 15 is 0 Å². The third kappa shape index (κ3) is 4.55. The predicted octanol–water partition coefficient (Wildman–Crippen LogP) is 2.12. The zero-order valence-corrected chi connectivity index (χ0v) is 16.7. The van der Waals surface area contributed by atoms with E-state index in [1.165, 1.54) is 23.4 Å². The van der Waals surface area contributed by atoms with Gasteiger partial charge in [0.1, 0.15) is 5.82 Å². The highest BCUT2D eigenvalue weighted by Crippen LogP contribution is 2.21. The van der Waals surface area contributed by atoms with E-state index < -0.39 is 10.0 Å². The number of para-hydroxylation sites is 1. The summed E-state index contributed by atoms with van der Waals surface area (Å²) in [5, 5.41) is 1.02. The third-order valence-corrected chi connectivity index (χ3v) is 6.45. The van der Waals surface area contributed by atoms with Crippen LogP contribution in [0.25, 0.3) is 16.7 Å². The van der Waals surface area contributed by atoms with Gasteiger partial charge in [-0.2, -0.15) is 0 Å². The SMILES string of the molecule is CNS(=O)(=O)CCCSc1nc2ccccc2c(=O)n1-c1cc(C)ccn1. The summed E-state index contributed by atoms with van der Waals surface area (Å²) in [5.41, 5.74) is 1.40. The van der Waals surface area contributed by atoms with E-state index in [9.17, 15) is 13.2 Å². The lowest BCUT2D eigenvalue weighted by Crippen LogP contribution is -2.23. The summed E-state index contributed by atoms with van der Waals surface area (Å²) in [6.07, 6.45) is 2.10. The highest BCUT2D eigenvalue weighted by atomic mass is 32.2. The number of sulfonamides is 1. The van der Waals surface area contributed by atoms with Gasteiger partial charge in [0.25, 0.3) is 5.56 Å². The van der Waals surface area contributed by atoms with Crippen molar-refractivity contribution in [3.63, 3.8) is 0 Å². The second kappa shape index (κ2) is 8.20. The molecule has 2 aromatic heterocycles. The van der Waals surface area contributed by atoms with Crippen LogP contribution in [0.15, 0.2) is 52.5 Å². The van der Waals surface area contributed by atoms with Gasteiger partial charge in [-0.1, -0.05) is 23.9 Å².